The zero-order chi connectivity index (χ0) is 14.8. The molecule has 1 unspecified atom stereocenters. The molecule has 0 spiro atoms. The van der Waals surface area contributed by atoms with Crippen LogP contribution in [0.5, 0.6) is 0 Å². The molecule has 20 heavy (non-hydrogen) atoms. The van der Waals surface area contributed by atoms with Crippen molar-refractivity contribution in [2.75, 3.05) is 6.54 Å². The lowest BCUT2D eigenvalue weighted by Crippen LogP contribution is -2.39. The number of hydrogen-bond acceptors (Lipinski definition) is 3. The molecule has 0 radical (unpaired) electrons. The van der Waals surface area contributed by atoms with Crippen LogP contribution < -0.4 is 0 Å². The van der Waals surface area contributed by atoms with Crippen molar-refractivity contribution >= 4 is 10.0 Å². The van der Waals surface area contributed by atoms with E-state index in [2.05, 4.69) is 13.8 Å². The molecule has 1 aliphatic heterocycles. The van der Waals surface area contributed by atoms with Crippen LogP contribution in [0.3, 0.4) is 0 Å². The average Bonchev–Trinajstić information content (AvgIpc) is 2.89. The summed E-state index contributed by atoms with van der Waals surface area (Å²) in [7, 11) is -3.26. The van der Waals surface area contributed by atoms with Gasteiger partial charge >= 0.3 is 0 Å². The van der Waals surface area contributed by atoms with Crippen LogP contribution in [0.1, 0.15) is 37.8 Å². The van der Waals surface area contributed by atoms with Crippen molar-refractivity contribution in [3.63, 3.8) is 0 Å². The minimum Gasteiger partial charge on any atom is -0.392 e. The Labute approximate surface area is 121 Å². The second kappa shape index (κ2) is 6.24. The first-order chi connectivity index (χ1) is 9.44. The van der Waals surface area contributed by atoms with Gasteiger partial charge in [-0.15, -0.1) is 0 Å². The lowest BCUT2D eigenvalue weighted by molar-refractivity contribution is 0.282. The van der Waals surface area contributed by atoms with Gasteiger partial charge in [0.25, 0.3) is 0 Å². The molecule has 0 amide bonds. The minimum atomic E-state index is -3.26. The first-order valence-electron chi connectivity index (χ1n) is 7.12. The Kier molecular flexibility index (Phi) is 4.83. The van der Waals surface area contributed by atoms with Crippen LogP contribution in [0.15, 0.2) is 24.3 Å². The third-order valence-electron chi connectivity index (χ3n) is 3.93. The van der Waals surface area contributed by atoms with Crippen molar-refractivity contribution in [3.8, 4) is 0 Å². The molecule has 2 rings (SSSR count). The highest BCUT2D eigenvalue weighted by molar-refractivity contribution is 7.88. The fourth-order valence-electron chi connectivity index (χ4n) is 2.81. The summed E-state index contributed by atoms with van der Waals surface area (Å²) in [5.41, 5.74) is 1.57. The smallest absolute Gasteiger partial charge is 0.218 e. The van der Waals surface area contributed by atoms with Crippen molar-refractivity contribution in [1.29, 1.82) is 0 Å². The number of benzene rings is 1. The Morgan fingerprint density at radius 1 is 1.25 bits per heavy atom. The van der Waals surface area contributed by atoms with Gasteiger partial charge in [0.15, 0.2) is 0 Å². The van der Waals surface area contributed by atoms with Gasteiger partial charge in [0.2, 0.25) is 10.0 Å². The Bertz CT molecular complexity index is 537. The van der Waals surface area contributed by atoms with E-state index >= 15 is 0 Å². The second-order valence-corrected chi connectivity index (χ2v) is 7.72. The number of rotatable bonds is 5. The SMILES string of the molecule is CC(C)C1CCCN1S(=O)(=O)Cc1ccc(CO)cc1. The highest BCUT2D eigenvalue weighted by Crippen LogP contribution is 2.28. The summed E-state index contributed by atoms with van der Waals surface area (Å²) in [5, 5.41) is 9.00. The number of sulfonamides is 1. The fraction of sp³-hybridized carbons (Fsp3) is 0.600. The van der Waals surface area contributed by atoms with Crippen LogP contribution in [0.2, 0.25) is 0 Å². The molecule has 1 N–H and O–H groups in total. The minimum absolute atomic E-state index is 0.0193. The first-order valence-corrected chi connectivity index (χ1v) is 8.73. The maximum Gasteiger partial charge on any atom is 0.218 e. The Hall–Kier alpha value is -0.910. The molecule has 1 aliphatic rings. The van der Waals surface area contributed by atoms with Crippen LogP contribution >= 0.6 is 0 Å². The summed E-state index contributed by atoms with van der Waals surface area (Å²) in [5.74, 6) is 0.395. The van der Waals surface area contributed by atoms with E-state index in [1.807, 2.05) is 0 Å². The van der Waals surface area contributed by atoms with Crippen LogP contribution in [0.4, 0.5) is 0 Å². The van der Waals surface area contributed by atoms with Gasteiger partial charge in [-0.3, -0.25) is 0 Å². The first kappa shape index (κ1) is 15.5. The van der Waals surface area contributed by atoms with E-state index in [1.165, 1.54) is 0 Å². The molecule has 1 saturated heterocycles. The number of nitrogens with zero attached hydrogens (tertiary/aromatic N) is 1. The summed E-state index contributed by atoms with van der Waals surface area (Å²) in [6.07, 6.45) is 1.91. The summed E-state index contributed by atoms with van der Waals surface area (Å²) in [4.78, 5) is 0. The van der Waals surface area contributed by atoms with Crippen LogP contribution in [-0.4, -0.2) is 30.4 Å². The second-order valence-electron chi connectivity index (χ2n) is 5.80. The zero-order valence-electron chi connectivity index (χ0n) is 12.1. The molecule has 1 heterocycles. The molecule has 1 atom stereocenters. The molecule has 0 bridgehead atoms. The van der Waals surface area contributed by atoms with Crippen LogP contribution in [-0.2, 0) is 22.4 Å². The molecular formula is C15H23NO3S. The van der Waals surface area contributed by atoms with E-state index in [-0.39, 0.29) is 18.4 Å². The third kappa shape index (κ3) is 3.40. The van der Waals surface area contributed by atoms with Gasteiger partial charge < -0.3 is 5.11 Å². The van der Waals surface area contributed by atoms with Crippen molar-refractivity contribution in [2.45, 2.75) is 45.1 Å². The van der Waals surface area contributed by atoms with Gasteiger partial charge in [-0.1, -0.05) is 38.1 Å². The molecule has 0 saturated carbocycles. The topological polar surface area (TPSA) is 57.6 Å². The molecule has 0 aromatic heterocycles. The van der Waals surface area contributed by atoms with E-state index < -0.39 is 10.0 Å². The lowest BCUT2D eigenvalue weighted by Gasteiger charge is -2.27. The van der Waals surface area contributed by atoms with E-state index in [1.54, 1.807) is 28.6 Å². The maximum absolute atomic E-state index is 12.5. The van der Waals surface area contributed by atoms with Gasteiger partial charge in [0.05, 0.1) is 12.4 Å². The van der Waals surface area contributed by atoms with Crippen molar-refractivity contribution < 1.29 is 13.5 Å². The molecule has 112 valence electrons. The number of hydrogen-bond donors (Lipinski definition) is 1. The molecular weight excluding hydrogens is 274 g/mol. The molecule has 1 aromatic rings. The highest BCUT2D eigenvalue weighted by atomic mass is 32.2. The molecule has 5 heteroatoms. The third-order valence-corrected chi connectivity index (χ3v) is 5.80. The number of aliphatic hydroxyl groups excluding tert-OH is 1. The lowest BCUT2D eigenvalue weighted by atomic mass is 10.0. The van der Waals surface area contributed by atoms with E-state index in [0.717, 1.165) is 24.0 Å². The Morgan fingerprint density at radius 3 is 2.40 bits per heavy atom. The number of aliphatic hydroxyl groups is 1. The van der Waals surface area contributed by atoms with Gasteiger partial charge in [0, 0.05) is 12.6 Å². The van der Waals surface area contributed by atoms with Gasteiger partial charge in [-0.25, -0.2) is 8.42 Å². The summed E-state index contributed by atoms with van der Waals surface area (Å²) >= 11 is 0. The van der Waals surface area contributed by atoms with Gasteiger partial charge in [-0.2, -0.15) is 4.31 Å². The van der Waals surface area contributed by atoms with Gasteiger partial charge in [0.1, 0.15) is 0 Å². The maximum atomic E-state index is 12.5. The van der Waals surface area contributed by atoms with Crippen LogP contribution in [0.25, 0.3) is 0 Å². The quantitative estimate of drug-likeness (QED) is 0.906. The highest BCUT2D eigenvalue weighted by Gasteiger charge is 2.35. The largest absolute Gasteiger partial charge is 0.392 e. The van der Waals surface area contributed by atoms with E-state index in [4.69, 9.17) is 5.11 Å². The van der Waals surface area contributed by atoms with Crippen molar-refractivity contribution in [2.24, 2.45) is 5.92 Å². The normalized spacial score (nSPS) is 20.7. The fourth-order valence-corrected chi connectivity index (χ4v) is 4.76. The molecule has 1 fully saturated rings. The summed E-state index contributed by atoms with van der Waals surface area (Å²) < 4.78 is 26.8. The molecule has 1 aromatic carbocycles. The molecule has 0 aliphatic carbocycles. The van der Waals surface area contributed by atoms with Crippen molar-refractivity contribution in [1.82, 2.24) is 4.31 Å². The summed E-state index contributed by atoms with van der Waals surface area (Å²) in [6, 6.07) is 7.24. The molecule has 4 nitrogen and oxygen atoms in total. The standard InChI is InChI=1S/C15H23NO3S/c1-12(2)15-4-3-9-16(15)20(18,19)11-14-7-5-13(10-17)6-8-14/h5-8,12,15,17H,3-4,9-11H2,1-2H3. The monoisotopic (exact) mass is 297 g/mol. The Morgan fingerprint density at radius 2 is 1.85 bits per heavy atom. The van der Waals surface area contributed by atoms with Gasteiger partial charge in [-0.05, 0) is 29.9 Å². The van der Waals surface area contributed by atoms with Crippen molar-refractivity contribution in [3.05, 3.63) is 35.4 Å². The van der Waals surface area contributed by atoms with E-state index in [9.17, 15) is 8.42 Å². The Balaban J connectivity index is 2.13. The van der Waals surface area contributed by atoms with Crippen LogP contribution in [0, 0.1) is 5.92 Å². The zero-order valence-corrected chi connectivity index (χ0v) is 12.9. The predicted molar refractivity (Wildman–Crippen MR) is 79.6 cm³/mol. The predicted octanol–water partition coefficient (Wildman–Crippen LogP) is 2.13. The van der Waals surface area contributed by atoms with E-state index in [0.29, 0.717) is 12.5 Å². The summed E-state index contributed by atoms with van der Waals surface area (Å²) in [6.45, 7) is 4.78. The average molecular weight is 297 g/mol.